The average Bonchev–Trinajstić information content (AvgIpc) is 2.22. The first kappa shape index (κ1) is 17.0. The summed E-state index contributed by atoms with van der Waals surface area (Å²) in [4.78, 5) is 14.1. The van der Waals surface area contributed by atoms with E-state index in [4.69, 9.17) is 11.0 Å². The van der Waals surface area contributed by atoms with Gasteiger partial charge in [-0.3, -0.25) is 10.1 Å². The Bertz CT molecular complexity index is 148. The van der Waals surface area contributed by atoms with Gasteiger partial charge in [0.2, 0.25) is 0 Å². The lowest BCUT2D eigenvalue weighted by Gasteiger charge is -2.23. The fourth-order valence-corrected chi connectivity index (χ4v) is 1.53. The van der Waals surface area contributed by atoms with Crippen LogP contribution in [-0.2, 0) is 9.68 Å². The van der Waals surface area contributed by atoms with Gasteiger partial charge >= 0.3 is 0 Å². The Hall–Kier alpha value is -0.450. The highest BCUT2D eigenvalue weighted by atomic mass is 17.1. The van der Waals surface area contributed by atoms with Gasteiger partial charge in [0, 0.05) is 13.4 Å². The molecule has 0 radical (unpaired) electrons. The van der Waals surface area contributed by atoms with Crippen LogP contribution in [-0.4, -0.2) is 24.2 Å². The van der Waals surface area contributed by atoms with E-state index in [0.29, 0.717) is 17.7 Å². The predicted molar refractivity (Wildman–Crippen MR) is 63.7 cm³/mol. The zero-order chi connectivity index (χ0) is 12.3. The maximum atomic E-state index is 10.9. The summed E-state index contributed by atoms with van der Waals surface area (Å²) >= 11 is 0. The molecule has 4 heteroatoms. The van der Waals surface area contributed by atoms with E-state index in [1.54, 1.807) is 6.92 Å². The number of nitrogens with two attached hydrogens (primary N) is 1. The second kappa shape index (κ2) is 11.6. The Morgan fingerprint density at radius 3 is 1.93 bits per heavy atom. The van der Waals surface area contributed by atoms with Crippen LogP contribution >= 0.6 is 0 Å². The summed E-state index contributed by atoms with van der Waals surface area (Å²) in [5.74, 6) is 0.659. The summed E-state index contributed by atoms with van der Waals surface area (Å²) in [6.07, 6.45) is 4.08. The summed E-state index contributed by atoms with van der Waals surface area (Å²) in [5, 5.41) is 7.07. The van der Waals surface area contributed by atoms with Gasteiger partial charge in [-0.25, -0.2) is 4.89 Å². The van der Waals surface area contributed by atoms with E-state index in [-0.39, 0.29) is 1.43 Å². The molecule has 3 N–H and O–H groups in total. The largest absolute Gasteiger partial charge is 0.328 e. The molecule has 0 atom stereocenters. The second-order valence-electron chi connectivity index (χ2n) is 3.40. The van der Waals surface area contributed by atoms with Crippen molar-refractivity contribution in [3.63, 3.8) is 0 Å². The molecule has 0 amide bonds. The Labute approximate surface area is 94.2 Å². The smallest absolute Gasteiger partial charge is 0.132 e. The van der Waals surface area contributed by atoms with Crippen molar-refractivity contribution < 1.29 is 16.4 Å². The van der Waals surface area contributed by atoms with Gasteiger partial charge in [-0.2, -0.15) is 0 Å². The number of hydrogen-bond acceptors (Lipinski definition) is 4. The molecule has 1 saturated carbocycles. The number of carbonyl (C=O) groups excluding carboxylic acids is 1. The molecule has 0 heterocycles. The van der Waals surface area contributed by atoms with Crippen LogP contribution in [0.1, 0.15) is 47.9 Å². The number of rotatable bonds is 1. The third-order valence-corrected chi connectivity index (χ3v) is 2.35. The first-order valence-corrected chi connectivity index (χ1v) is 5.55. The molecule has 0 bridgehead atoms. The molecule has 0 aromatic rings. The molecule has 4 nitrogen and oxygen atoms in total. The fraction of sp³-hybridized carbons (Fsp3) is 0.909. The lowest BCUT2D eigenvalue weighted by Crippen LogP contribution is -2.28. The van der Waals surface area contributed by atoms with Gasteiger partial charge in [-0.1, -0.05) is 13.8 Å². The summed E-state index contributed by atoms with van der Waals surface area (Å²) in [6, 6.07) is 0.357. The van der Waals surface area contributed by atoms with Gasteiger partial charge in [0.15, 0.2) is 0 Å². The molecule has 0 spiro atoms. The molecule has 0 saturated heterocycles. The first-order valence-electron chi connectivity index (χ1n) is 5.55. The van der Waals surface area contributed by atoms with E-state index in [1.165, 1.54) is 7.11 Å². The van der Waals surface area contributed by atoms with Crippen molar-refractivity contribution in [1.82, 2.24) is 0 Å². The van der Waals surface area contributed by atoms with E-state index in [9.17, 15) is 4.79 Å². The minimum Gasteiger partial charge on any atom is -0.328 e. The van der Waals surface area contributed by atoms with E-state index in [0.717, 1.165) is 25.7 Å². The standard InChI is InChI=1S/C8H15NO.C2H6.CH4O2.H2/c1-6(10)7-2-4-8(9)5-3-7;1-2;1-3-2;/h7-8H,2-5,9H2,1H3;1-2H3;2H,1H3;1H. The molecule has 15 heavy (non-hydrogen) atoms. The Morgan fingerprint density at radius 1 is 1.33 bits per heavy atom. The van der Waals surface area contributed by atoms with E-state index in [2.05, 4.69) is 4.89 Å². The number of hydrogen-bond donors (Lipinski definition) is 2. The van der Waals surface area contributed by atoms with Crippen molar-refractivity contribution in [2.45, 2.75) is 52.5 Å². The zero-order valence-electron chi connectivity index (χ0n) is 10.3. The molecule has 1 rings (SSSR count). The summed E-state index contributed by atoms with van der Waals surface area (Å²) in [7, 11) is 1.18. The summed E-state index contributed by atoms with van der Waals surface area (Å²) in [6.45, 7) is 5.68. The zero-order valence-corrected chi connectivity index (χ0v) is 10.3. The van der Waals surface area contributed by atoms with Gasteiger partial charge in [0.25, 0.3) is 0 Å². The summed E-state index contributed by atoms with van der Waals surface area (Å²) in [5.41, 5.74) is 5.69. The van der Waals surface area contributed by atoms with Crippen molar-refractivity contribution in [1.29, 1.82) is 0 Å². The topological polar surface area (TPSA) is 72.6 Å². The van der Waals surface area contributed by atoms with Crippen molar-refractivity contribution in [3.05, 3.63) is 0 Å². The second-order valence-corrected chi connectivity index (χ2v) is 3.40. The third kappa shape index (κ3) is 9.85. The molecule has 94 valence electrons. The number of carbonyl (C=O) groups is 1. The predicted octanol–water partition coefficient (Wildman–Crippen LogP) is 2.47. The minimum absolute atomic E-state index is 0. The minimum atomic E-state index is 0. The van der Waals surface area contributed by atoms with Crippen molar-refractivity contribution in [3.8, 4) is 0 Å². The fourth-order valence-electron chi connectivity index (χ4n) is 1.53. The highest BCUT2D eigenvalue weighted by Gasteiger charge is 2.21. The van der Waals surface area contributed by atoms with Crippen LogP contribution in [0, 0.1) is 5.92 Å². The van der Waals surface area contributed by atoms with Gasteiger partial charge in [0.1, 0.15) is 5.78 Å². The van der Waals surface area contributed by atoms with Crippen LogP contribution in [0.5, 0.6) is 0 Å². The van der Waals surface area contributed by atoms with E-state index >= 15 is 0 Å². The SMILES string of the molecule is CC.CC(=O)C1CCC(N)CC1.COO.[HH]. The van der Waals surface area contributed by atoms with Gasteiger partial charge in [-0.05, 0) is 32.6 Å². The monoisotopic (exact) mass is 221 g/mol. The average molecular weight is 221 g/mol. The molecule has 0 aromatic heterocycles. The van der Waals surface area contributed by atoms with Crippen LogP contribution in [0.2, 0.25) is 0 Å². The summed E-state index contributed by atoms with van der Waals surface area (Å²) < 4.78 is 0. The molecule has 1 fully saturated rings. The quantitative estimate of drug-likeness (QED) is 0.527. The molecule has 0 aliphatic heterocycles. The Morgan fingerprint density at radius 2 is 1.67 bits per heavy atom. The van der Waals surface area contributed by atoms with Crippen LogP contribution in [0.4, 0.5) is 0 Å². The third-order valence-electron chi connectivity index (χ3n) is 2.35. The molecule has 1 aliphatic rings. The van der Waals surface area contributed by atoms with Crippen LogP contribution in [0.15, 0.2) is 0 Å². The maximum Gasteiger partial charge on any atom is 0.132 e. The highest BCUT2D eigenvalue weighted by molar-refractivity contribution is 5.78. The van der Waals surface area contributed by atoms with Crippen molar-refractivity contribution >= 4 is 5.78 Å². The number of ketones is 1. The van der Waals surface area contributed by atoms with Crippen LogP contribution in [0.25, 0.3) is 0 Å². The highest BCUT2D eigenvalue weighted by Crippen LogP contribution is 2.23. The molecular weight excluding hydrogens is 194 g/mol. The molecule has 0 unspecified atom stereocenters. The molecular formula is C11H27NO3. The first-order chi connectivity index (χ1) is 7.11. The van der Waals surface area contributed by atoms with E-state index < -0.39 is 0 Å². The number of Topliss-reactive ketones (excluding diaryl/α,β-unsaturated/α-hetero) is 1. The van der Waals surface area contributed by atoms with Crippen LogP contribution < -0.4 is 5.73 Å². The van der Waals surface area contributed by atoms with Crippen molar-refractivity contribution in [2.24, 2.45) is 11.7 Å². The lowest BCUT2D eigenvalue weighted by atomic mass is 9.84. The Balaban J connectivity index is -0.000000246. The van der Waals surface area contributed by atoms with Crippen molar-refractivity contribution in [2.75, 3.05) is 7.11 Å². The van der Waals surface area contributed by atoms with Gasteiger partial charge in [0.05, 0.1) is 7.11 Å². The van der Waals surface area contributed by atoms with Gasteiger partial charge < -0.3 is 5.73 Å². The Kier molecular flexibility index (Phi) is 13.1. The van der Waals surface area contributed by atoms with E-state index in [1.807, 2.05) is 13.8 Å². The van der Waals surface area contributed by atoms with Gasteiger partial charge in [-0.15, -0.1) is 0 Å². The lowest BCUT2D eigenvalue weighted by molar-refractivity contribution is -0.214. The van der Waals surface area contributed by atoms with Crippen LogP contribution in [0.3, 0.4) is 0 Å². The normalized spacial score (nSPS) is 24.1. The maximum absolute atomic E-state index is 10.9. The molecule has 0 aromatic carbocycles. The molecule has 1 aliphatic carbocycles.